The Morgan fingerprint density at radius 2 is 2.09 bits per heavy atom. The van der Waals surface area contributed by atoms with Crippen molar-refractivity contribution >= 4 is 27.4 Å². The molecular weight excluding hydrogens is 292 g/mol. The lowest BCUT2D eigenvalue weighted by Crippen LogP contribution is -2.36. The van der Waals surface area contributed by atoms with E-state index in [1.54, 1.807) is 0 Å². The zero-order valence-corrected chi connectivity index (χ0v) is 13.8. The van der Waals surface area contributed by atoms with Crippen molar-refractivity contribution in [3.63, 3.8) is 0 Å². The zero-order chi connectivity index (χ0) is 18.7. The SMILES string of the molecule is [2H]C1([2H])Cc2sc3ncnc(N[C@H]4CC[C@H](N(C)C)CC4)c3c2C1([2H])[2H]. The number of anilines is 1. The van der Waals surface area contributed by atoms with Crippen molar-refractivity contribution in [2.45, 2.75) is 56.9 Å². The third-order valence-electron chi connectivity index (χ3n) is 4.79. The van der Waals surface area contributed by atoms with Crippen LogP contribution in [0.3, 0.4) is 0 Å². The van der Waals surface area contributed by atoms with Crippen LogP contribution in [0.5, 0.6) is 0 Å². The molecule has 4 rings (SSSR count). The molecule has 0 bridgehead atoms. The van der Waals surface area contributed by atoms with Crippen molar-refractivity contribution in [1.29, 1.82) is 0 Å². The summed E-state index contributed by atoms with van der Waals surface area (Å²) in [5.74, 6) is 0.655. The zero-order valence-electron chi connectivity index (χ0n) is 17.0. The van der Waals surface area contributed by atoms with Gasteiger partial charge < -0.3 is 10.2 Å². The molecule has 0 radical (unpaired) electrons. The molecule has 1 saturated carbocycles. The Kier molecular flexibility index (Phi) is 2.77. The smallest absolute Gasteiger partial charge is 0.138 e. The van der Waals surface area contributed by atoms with E-state index in [2.05, 4.69) is 34.3 Å². The van der Waals surface area contributed by atoms with Crippen LogP contribution in [0.1, 0.15) is 48.0 Å². The van der Waals surface area contributed by atoms with Crippen LogP contribution >= 0.6 is 11.3 Å². The number of hydrogen-bond acceptors (Lipinski definition) is 5. The average Bonchev–Trinajstić information content (AvgIpc) is 3.01. The number of thiophene rings is 1. The minimum atomic E-state index is -2.02. The van der Waals surface area contributed by atoms with Crippen LogP contribution in [0.4, 0.5) is 5.82 Å². The number of nitrogens with zero attached hydrogens (tertiary/aromatic N) is 3. The number of hydrogen-bond donors (Lipinski definition) is 1. The highest BCUT2D eigenvalue weighted by Gasteiger charge is 2.25. The highest BCUT2D eigenvalue weighted by Crippen LogP contribution is 2.39. The molecule has 2 aliphatic carbocycles. The second kappa shape index (κ2) is 5.78. The molecule has 5 heteroatoms. The Morgan fingerprint density at radius 1 is 1.27 bits per heavy atom. The Labute approximate surface area is 141 Å². The summed E-state index contributed by atoms with van der Waals surface area (Å²) in [6.45, 7) is 0. The van der Waals surface area contributed by atoms with Gasteiger partial charge in [-0.25, -0.2) is 9.97 Å². The van der Waals surface area contributed by atoms with E-state index in [9.17, 15) is 0 Å². The van der Waals surface area contributed by atoms with E-state index in [4.69, 9.17) is 5.48 Å². The number of fused-ring (bicyclic) bond motifs is 3. The molecule has 2 aliphatic rings. The normalized spacial score (nSPS) is 32.1. The summed E-state index contributed by atoms with van der Waals surface area (Å²) in [5.41, 5.74) is 0.451. The van der Waals surface area contributed by atoms with Crippen molar-refractivity contribution in [2.75, 3.05) is 19.4 Å². The summed E-state index contributed by atoms with van der Waals surface area (Å²) in [5, 5.41) is 4.19. The van der Waals surface area contributed by atoms with Crippen molar-refractivity contribution in [3.8, 4) is 0 Å². The first-order valence-electron chi connectivity index (χ1n) is 9.90. The lowest BCUT2D eigenvalue weighted by Gasteiger charge is -2.33. The van der Waals surface area contributed by atoms with E-state index in [0.717, 1.165) is 35.4 Å². The van der Waals surface area contributed by atoms with Gasteiger partial charge in [0.2, 0.25) is 0 Å². The van der Waals surface area contributed by atoms with Gasteiger partial charge in [-0.2, -0.15) is 0 Å². The first kappa shape index (κ1) is 10.6. The summed E-state index contributed by atoms with van der Waals surface area (Å²) >= 11 is 1.39. The van der Waals surface area contributed by atoms with E-state index in [0.29, 0.717) is 28.9 Å². The van der Waals surface area contributed by atoms with Crippen molar-refractivity contribution in [1.82, 2.24) is 14.9 Å². The fraction of sp³-hybridized carbons (Fsp3) is 0.647. The van der Waals surface area contributed by atoms with Gasteiger partial charge in [0, 0.05) is 22.4 Å². The Hall–Kier alpha value is -1.20. The molecule has 0 aromatic carbocycles. The molecule has 0 amide bonds. The first-order valence-corrected chi connectivity index (χ1v) is 8.72. The van der Waals surface area contributed by atoms with E-state index < -0.39 is 12.7 Å². The molecule has 2 aromatic rings. The van der Waals surface area contributed by atoms with Gasteiger partial charge in [-0.05, 0) is 64.5 Å². The predicted molar refractivity (Wildman–Crippen MR) is 92.8 cm³/mol. The van der Waals surface area contributed by atoms with Gasteiger partial charge >= 0.3 is 0 Å². The van der Waals surface area contributed by atoms with E-state index in [1.165, 1.54) is 17.7 Å². The van der Waals surface area contributed by atoms with Crippen LogP contribution in [0.2, 0.25) is 0 Å². The maximum atomic E-state index is 8.37. The Bertz CT molecular complexity index is 828. The van der Waals surface area contributed by atoms with Crippen molar-refractivity contribution < 1.29 is 5.48 Å². The molecule has 0 unspecified atom stereocenters. The molecule has 1 N–H and O–H groups in total. The number of aryl methyl sites for hydroxylation is 2. The summed E-state index contributed by atoms with van der Waals surface area (Å²) in [6, 6.07) is 0.925. The standard InChI is InChI=1S/C17H24N4S/c1-21(2)12-8-6-11(7-9-12)20-16-15-13-4-3-5-14(13)22-17(15)19-10-18-16/h10-12H,3-9H2,1-2H3,(H,18,19,20)/t11-,12-/i3D2,4D2. The topological polar surface area (TPSA) is 41.1 Å². The lowest BCUT2D eigenvalue weighted by atomic mass is 9.90. The summed E-state index contributed by atoms with van der Waals surface area (Å²) in [4.78, 5) is 12.5. The fourth-order valence-electron chi connectivity index (χ4n) is 3.49. The molecule has 0 aliphatic heterocycles. The van der Waals surface area contributed by atoms with Gasteiger partial charge in [-0.1, -0.05) is 0 Å². The first-order chi connectivity index (χ1) is 12.2. The minimum absolute atomic E-state index is 0.101. The van der Waals surface area contributed by atoms with Gasteiger partial charge in [0.25, 0.3) is 0 Å². The number of aromatic nitrogens is 2. The molecule has 2 aromatic heterocycles. The van der Waals surface area contributed by atoms with Gasteiger partial charge in [-0.15, -0.1) is 11.3 Å². The van der Waals surface area contributed by atoms with Gasteiger partial charge in [0.05, 0.1) is 5.39 Å². The second-order valence-electron chi connectivity index (χ2n) is 6.39. The van der Waals surface area contributed by atoms with Crippen LogP contribution in [-0.2, 0) is 12.8 Å². The molecule has 22 heavy (non-hydrogen) atoms. The second-order valence-corrected chi connectivity index (χ2v) is 7.48. The summed E-state index contributed by atoms with van der Waals surface area (Å²) < 4.78 is 32.9. The number of nitrogens with one attached hydrogen (secondary N) is 1. The predicted octanol–water partition coefficient (Wildman–Crippen LogP) is 3.46. The van der Waals surface area contributed by atoms with Gasteiger partial charge in [0.1, 0.15) is 17.0 Å². The third-order valence-corrected chi connectivity index (χ3v) is 5.89. The fourth-order valence-corrected chi connectivity index (χ4v) is 4.52. The molecule has 1 fully saturated rings. The molecule has 0 saturated heterocycles. The summed E-state index contributed by atoms with van der Waals surface area (Å²) in [6.07, 6.45) is 2.07. The Balaban J connectivity index is 1.66. The Morgan fingerprint density at radius 3 is 2.86 bits per heavy atom. The van der Waals surface area contributed by atoms with Crippen molar-refractivity contribution in [3.05, 3.63) is 16.8 Å². The highest BCUT2D eigenvalue weighted by atomic mass is 32.1. The monoisotopic (exact) mass is 320 g/mol. The van der Waals surface area contributed by atoms with Crippen LogP contribution in [0.15, 0.2) is 6.33 Å². The average molecular weight is 320 g/mol. The molecule has 2 heterocycles. The molecule has 0 spiro atoms. The van der Waals surface area contributed by atoms with Crippen LogP contribution in [-0.4, -0.2) is 41.0 Å². The van der Waals surface area contributed by atoms with Crippen molar-refractivity contribution in [2.24, 2.45) is 0 Å². The third kappa shape index (κ3) is 2.50. The van der Waals surface area contributed by atoms with Crippen LogP contribution < -0.4 is 5.32 Å². The van der Waals surface area contributed by atoms with E-state index in [1.807, 2.05) is 0 Å². The molecular formula is C17H24N4S. The highest BCUT2D eigenvalue weighted by molar-refractivity contribution is 7.19. The molecule has 118 valence electrons. The van der Waals surface area contributed by atoms with Gasteiger partial charge in [0.15, 0.2) is 0 Å². The van der Waals surface area contributed by atoms with Gasteiger partial charge in [-0.3, -0.25) is 0 Å². The quantitative estimate of drug-likeness (QED) is 0.940. The van der Waals surface area contributed by atoms with Crippen LogP contribution in [0.25, 0.3) is 10.2 Å². The largest absolute Gasteiger partial charge is 0.367 e. The van der Waals surface area contributed by atoms with E-state index in [-0.39, 0.29) is 6.42 Å². The molecule has 0 atom stereocenters. The summed E-state index contributed by atoms with van der Waals surface area (Å²) in [7, 11) is 4.24. The maximum Gasteiger partial charge on any atom is 0.138 e. The lowest BCUT2D eigenvalue weighted by molar-refractivity contribution is 0.221. The molecule has 4 nitrogen and oxygen atoms in total. The maximum absolute atomic E-state index is 8.37. The van der Waals surface area contributed by atoms with E-state index >= 15 is 0 Å². The number of rotatable bonds is 3. The van der Waals surface area contributed by atoms with Crippen LogP contribution in [0, 0.1) is 0 Å². The minimum Gasteiger partial charge on any atom is -0.367 e.